The van der Waals surface area contributed by atoms with Gasteiger partial charge in [-0.25, -0.2) is 0 Å². The number of benzene rings is 2. The maximum absolute atomic E-state index is 13.0. The minimum Gasteiger partial charge on any atom is -0.508 e. The fourth-order valence-electron chi connectivity index (χ4n) is 2.97. The quantitative estimate of drug-likeness (QED) is 0.736. The predicted octanol–water partition coefficient (Wildman–Crippen LogP) is 4.05. The minimum absolute atomic E-state index is 0.0862. The zero-order valence-electron chi connectivity index (χ0n) is 14.4. The van der Waals surface area contributed by atoms with Crippen molar-refractivity contribution < 1.29 is 14.3 Å². The number of carbonyl (C=O) groups excluding carboxylic acids is 1. The molecule has 4 nitrogen and oxygen atoms in total. The normalized spacial score (nSPS) is 11.4. The average molecular weight is 323 g/mol. The first kappa shape index (κ1) is 16.3. The number of ketones is 1. The Balaban J connectivity index is 2.23. The van der Waals surface area contributed by atoms with Gasteiger partial charge in [-0.1, -0.05) is 29.8 Å². The molecule has 0 radical (unpaired) electrons. The first-order valence-corrected chi connectivity index (χ1v) is 7.88. The smallest absolute Gasteiger partial charge is 0.197 e. The van der Waals surface area contributed by atoms with Gasteiger partial charge in [-0.15, -0.1) is 0 Å². The number of rotatable bonds is 4. The van der Waals surface area contributed by atoms with E-state index in [4.69, 9.17) is 4.42 Å². The second-order valence-electron chi connectivity index (χ2n) is 6.40. The first-order valence-electron chi connectivity index (χ1n) is 7.88. The Bertz CT molecular complexity index is 905. The molecule has 4 heteroatoms. The third-order valence-electron chi connectivity index (χ3n) is 4.13. The van der Waals surface area contributed by atoms with Crippen LogP contribution in [-0.4, -0.2) is 29.9 Å². The van der Waals surface area contributed by atoms with Crippen molar-refractivity contribution in [2.24, 2.45) is 0 Å². The van der Waals surface area contributed by atoms with Crippen molar-refractivity contribution in [1.29, 1.82) is 0 Å². The Hall–Kier alpha value is -2.59. The number of phenols is 1. The third-order valence-corrected chi connectivity index (χ3v) is 4.13. The van der Waals surface area contributed by atoms with Gasteiger partial charge < -0.3 is 14.4 Å². The molecule has 0 saturated carbocycles. The van der Waals surface area contributed by atoms with Crippen LogP contribution >= 0.6 is 0 Å². The van der Waals surface area contributed by atoms with Crippen molar-refractivity contribution in [3.8, 4) is 5.75 Å². The highest BCUT2D eigenvalue weighted by atomic mass is 16.3. The van der Waals surface area contributed by atoms with Crippen LogP contribution in [0.5, 0.6) is 5.75 Å². The molecule has 0 aliphatic rings. The molecule has 0 spiro atoms. The molecule has 0 aliphatic carbocycles. The second-order valence-corrected chi connectivity index (χ2v) is 6.40. The van der Waals surface area contributed by atoms with E-state index in [0.717, 1.165) is 5.56 Å². The monoisotopic (exact) mass is 323 g/mol. The number of hydrogen-bond acceptors (Lipinski definition) is 4. The van der Waals surface area contributed by atoms with Crippen molar-refractivity contribution in [2.45, 2.75) is 20.4 Å². The lowest BCUT2D eigenvalue weighted by molar-refractivity contribution is 0.103. The highest BCUT2D eigenvalue weighted by Crippen LogP contribution is 2.35. The zero-order valence-corrected chi connectivity index (χ0v) is 14.4. The molecule has 0 unspecified atom stereocenters. The molecule has 1 heterocycles. The molecule has 0 amide bonds. The van der Waals surface area contributed by atoms with Crippen molar-refractivity contribution in [3.05, 3.63) is 64.4 Å². The van der Waals surface area contributed by atoms with E-state index in [-0.39, 0.29) is 11.5 Å². The summed E-state index contributed by atoms with van der Waals surface area (Å²) in [5.41, 5.74) is 3.58. The van der Waals surface area contributed by atoms with Gasteiger partial charge in [0.15, 0.2) is 5.78 Å². The number of carbonyl (C=O) groups is 1. The number of phenolic OH excluding ortho intramolecular Hbond substituents is 1. The van der Waals surface area contributed by atoms with Gasteiger partial charge in [0, 0.05) is 23.1 Å². The molecule has 0 fully saturated rings. The summed E-state index contributed by atoms with van der Waals surface area (Å²) in [6.45, 7) is 4.30. The van der Waals surface area contributed by atoms with Gasteiger partial charge in [0.25, 0.3) is 0 Å². The van der Waals surface area contributed by atoms with Crippen LogP contribution in [0.15, 0.2) is 40.8 Å². The Morgan fingerprint density at radius 2 is 1.75 bits per heavy atom. The summed E-state index contributed by atoms with van der Waals surface area (Å²) >= 11 is 0. The van der Waals surface area contributed by atoms with Crippen LogP contribution in [-0.2, 0) is 6.54 Å². The fourth-order valence-corrected chi connectivity index (χ4v) is 2.97. The van der Waals surface area contributed by atoms with Gasteiger partial charge in [0.2, 0.25) is 0 Å². The topological polar surface area (TPSA) is 53.7 Å². The van der Waals surface area contributed by atoms with E-state index in [1.54, 1.807) is 19.1 Å². The van der Waals surface area contributed by atoms with Crippen LogP contribution in [0.4, 0.5) is 0 Å². The lowest BCUT2D eigenvalue weighted by Crippen LogP contribution is -2.12. The van der Waals surface area contributed by atoms with E-state index in [1.807, 2.05) is 50.2 Å². The maximum Gasteiger partial charge on any atom is 0.197 e. The number of fused-ring (bicyclic) bond motifs is 1. The molecule has 0 atom stereocenters. The van der Waals surface area contributed by atoms with Crippen molar-refractivity contribution in [1.82, 2.24) is 4.90 Å². The van der Waals surface area contributed by atoms with Crippen LogP contribution in [0.3, 0.4) is 0 Å². The predicted molar refractivity (Wildman–Crippen MR) is 94.6 cm³/mol. The number of nitrogens with zero attached hydrogens (tertiary/aromatic N) is 1. The van der Waals surface area contributed by atoms with Gasteiger partial charge in [-0.05, 0) is 40.1 Å². The van der Waals surface area contributed by atoms with E-state index in [9.17, 15) is 9.90 Å². The van der Waals surface area contributed by atoms with Gasteiger partial charge in [-0.2, -0.15) is 0 Å². The van der Waals surface area contributed by atoms with Gasteiger partial charge in [0.05, 0.1) is 5.56 Å². The molecule has 124 valence electrons. The zero-order chi connectivity index (χ0) is 17.4. The standard InChI is InChI=1S/C20H21NO3/c1-12-5-7-14(8-6-12)20(23)18-13(2)24-17-10-9-16(22)15(19(17)18)11-21(3)4/h5-10,22H,11H2,1-4H3. The minimum atomic E-state index is -0.0862. The largest absolute Gasteiger partial charge is 0.508 e. The van der Waals surface area contributed by atoms with E-state index >= 15 is 0 Å². The summed E-state index contributed by atoms with van der Waals surface area (Å²) in [5.74, 6) is 0.660. The Morgan fingerprint density at radius 3 is 2.38 bits per heavy atom. The van der Waals surface area contributed by atoms with E-state index < -0.39 is 0 Å². The van der Waals surface area contributed by atoms with Gasteiger partial charge >= 0.3 is 0 Å². The molecule has 1 aromatic heterocycles. The highest BCUT2D eigenvalue weighted by Gasteiger charge is 2.23. The SMILES string of the molecule is Cc1ccc(C(=O)c2c(C)oc3ccc(O)c(CN(C)C)c23)cc1. The molecule has 24 heavy (non-hydrogen) atoms. The first-order chi connectivity index (χ1) is 11.4. The molecule has 0 aliphatic heterocycles. The van der Waals surface area contributed by atoms with Crippen molar-refractivity contribution in [3.63, 3.8) is 0 Å². The molecule has 3 aromatic rings. The van der Waals surface area contributed by atoms with Gasteiger partial charge in [-0.3, -0.25) is 4.79 Å². The highest BCUT2D eigenvalue weighted by molar-refractivity contribution is 6.17. The van der Waals surface area contributed by atoms with Crippen LogP contribution in [0, 0.1) is 13.8 Å². The van der Waals surface area contributed by atoms with E-state index in [2.05, 4.69) is 0 Å². The summed E-state index contributed by atoms with van der Waals surface area (Å²) < 4.78 is 5.79. The fraction of sp³-hybridized carbons (Fsp3) is 0.250. The van der Waals surface area contributed by atoms with Gasteiger partial charge in [0.1, 0.15) is 17.1 Å². The Morgan fingerprint density at radius 1 is 1.08 bits per heavy atom. The molecule has 0 saturated heterocycles. The van der Waals surface area contributed by atoms with Crippen LogP contribution in [0.2, 0.25) is 0 Å². The lowest BCUT2D eigenvalue weighted by Gasteiger charge is -2.13. The Labute approximate surface area is 141 Å². The number of aryl methyl sites for hydroxylation is 2. The Kier molecular flexibility index (Phi) is 4.16. The summed E-state index contributed by atoms with van der Waals surface area (Å²) in [4.78, 5) is 15.0. The van der Waals surface area contributed by atoms with Crippen LogP contribution < -0.4 is 0 Å². The number of aromatic hydroxyl groups is 1. The summed E-state index contributed by atoms with van der Waals surface area (Å²) in [6.07, 6.45) is 0. The maximum atomic E-state index is 13.0. The van der Waals surface area contributed by atoms with Crippen LogP contribution in [0.25, 0.3) is 11.0 Å². The summed E-state index contributed by atoms with van der Waals surface area (Å²) in [7, 11) is 3.85. The van der Waals surface area contributed by atoms with Crippen molar-refractivity contribution in [2.75, 3.05) is 14.1 Å². The van der Waals surface area contributed by atoms with E-state index in [1.165, 1.54) is 0 Å². The molecule has 1 N–H and O–H groups in total. The lowest BCUT2D eigenvalue weighted by atomic mass is 9.96. The van der Waals surface area contributed by atoms with Crippen LogP contribution in [0.1, 0.15) is 32.8 Å². The molecular formula is C20H21NO3. The molecule has 0 bridgehead atoms. The second kappa shape index (κ2) is 6.13. The average Bonchev–Trinajstić information content (AvgIpc) is 2.86. The molecule has 3 rings (SSSR count). The summed E-state index contributed by atoms with van der Waals surface area (Å²) in [5, 5.41) is 11.0. The molecule has 2 aromatic carbocycles. The summed E-state index contributed by atoms with van der Waals surface area (Å²) in [6, 6.07) is 10.8. The van der Waals surface area contributed by atoms with Crippen molar-refractivity contribution >= 4 is 16.8 Å². The third kappa shape index (κ3) is 2.81. The number of furan rings is 1. The van der Waals surface area contributed by atoms with E-state index in [0.29, 0.717) is 40.0 Å². The number of hydrogen-bond donors (Lipinski definition) is 1. The molecular weight excluding hydrogens is 302 g/mol.